The van der Waals surface area contributed by atoms with E-state index in [0.29, 0.717) is 10.6 Å². The molecule has 1 aromatic rings. The van der Waals surface area contributed by atoms with Crippen LogP contribution in [0, 0.1) is 3.57 Å². The Morgan fingerprint density at radius 3 is 2.65 bits per heavy atom. The Balaban J connectivity index is 2.11. The third kappa shape index (κ3) is 3.11. The van der Waals surface area contributed by atoms with E-state index in [1.807, 2.05) is 17.0 Å². The van der Waals surface area contributed by atoms with Crippen LogP contribution in [0.2, 0.25) is 5.02 Å². The molecule has 0 aromatic heterocycles. The summed E-state index contributed by atoms with van der Waals surface area (Å²) in [7, 11) is 0. The normalized spacial score (nSPS) is 17.2. The maximum atomic E-state index is 12.2. The monoisotopic (exact) mass is 364 g/mol. The van der Waals surface area contributed by atoms with E-state index in [0.717, 1.165) is 29.5 Å². The summed E-state index contributed by atoms with van der Waals surface area (Å²) in [6.07, 6.45) is 1.76. The van der Waals surface area contributed by atoms with Crippen molar-refractivity contribution in [2.24, 2.45) is 5.73 Å². The number of halogens is 2. The highest BCUT2D eigenvalue weighted by Crippen LogP contribution is 2.21. The number of nitrogens with two attached hydrogens (primary N) is 1. The molecule has 1 amide bonds. The van der Waals surface area contributed by atoms with Gasteiger partial charge in [-0.1, -0.05) is 11.6 Å². The molecule has 2 rings (SSSR count). The molecule has 0 saturated carbocycles. The number of piperidine rings is 1. The molecule has 0 spiro atoms. The van der Waals surface area contributed by atoms with Gasteiger partial charge in [-0.3, -0.25) is 4.79 Å². The van der Waals surface area contributed by atoms with Gasteiger partial charge in [0.2, 0.25) is 0 Å². The Hall–Kier alpha value is -0.330. The minimum absolute atomic E-state index is 0.0511. The van der Waals surface area contributed by atoms with Crippen molar-refractivity contribution in [1.82, 2.24) is 4.90 Å². The molecule has 1 fully saturated rings. The zero-order valence-corrected chi connectivity index (χ0v) is 12.2. The van der Waals surface area contributed by atoms with Gasteiger partial charge in [-0.25, -0.2) is 0 Å². The average Bonchev–Trinajstić information content (AvgIpc) is 2.33. The Kier molecular flexibility index (Phi) is 4.27. The number of carbonyl (C=O) groups excluding carboxylic acids is 1. The Morgan fingerprint density at radius 2 is 2.06 bits per heavy atom. The Bertz CT molecular complexity index is 431. The second-order valence-electron chi connectivity index (χ2n) is 4.26. The fourth-order valence-corrected chi connectivity index (χ4v) is 2.43. The van der Waals surface area contributed by atoms with E-state index in [1.165, 1.54) is 0 Å². The van der Waals surface area contributed by atoms with Crippen LogP contribution in [-0.4, -0.2) is 29.9 Å². The Morgan fingerprint density at radius 1 is 1.41 bits per heavy atom. The molecule has 0 radical (unpaired) electrons. The second kappa shape index (κ2) is 5.54. The van der Waals surface area contributed by atoms with Crippen molar-refractivity contribution in [1.29, 1.82) is 0 Å². The molecule has 3 nitrogen and oxygen atoms in total. The molecule has 0 bridgehead atoms. The molecule has 1 aliphatic heterocycles. The molecule has 1 saturated heterocycles. The number of nitrogens with zero attached hydrogens (tertiary/aromatic N) is 1. The number of carbonyl (C=O) groups is 1. The van der Waals surface area contributed by atoms with Gasteiger partial charge in [-0.2, -0.15) is 0 Å². The summed E-state index contributed by atoms with van der Waals surface area (Å²) in [5.41, 5.74) is 6.48. The van der Waals surface area contributed by atoms with Gasteiger partial charge in [0.25, 0.3) is 5.91 Å². The lowest BCUT2D eigenvalue weighted by atomic mass is 10.1. The molecule has 17 heavy (non-hydrogen) atoms. The minimum Gasteiger partial charge on any atom is -0.339 e. The van der Waals surface area contributed by atoms with Gasteiger partial charge in [0.1, 0.15) is 0 Å². The lowest BCUT2D eigenvalue weighted by Gasteiger charge is -2.30. The van der Waals surface area contributed by atoms with Gasteiger partial charge < -0.3 is 10.6 Å². The standard InChI is InChI=1S/C12H14ClIN2O/c13-10-7-8(1-2-11(10)14)12(17)16-5-3-9(15)4-6-16/h1-2,7,9H,3-6,15H2. The van der Waals surface area contributed by atoms with Crippen molar-refractivity contribution in [3.05, 3.63) is 32.4 Å². The lowest BCUT2D eigenvalue weighted by Crippen LogP contribution is -2.42. The predicted octanol–water partition coefficient (Wildman–Crippen LogP) is 2.51. The number of benzene rings is 1. The first-order valence-electron chi connectivity index (χ1n) is 5.58. The topological polar surface area (TPSA) is 46.3 Å². The van der Waals surface area contributed by atoms with E-state index in [2.05, 4.69) is 22.6 Å². The summed E-state index contributed by atoms with van der Waals surface area (Å²) in [5.74, 6) is 0.0511. The number of hydrogen-bond acceptors (Lipinski definition) is 2. The van der Waals surface area contributed by atoms with E-state index < -0.39 is 0 Å². The SMILES string of the molecule is NC1CCN(C(=O)c2ccc(I)c(Cl)c2)CC1. The van der Waals surface area contributed by atoms with Crippen molar-refractivity contribution < 1.29 is 4.79 Å². The van der Waals surface area contributed by atoms with Crippen LogP contribution in [0.5, 0.6) is 0 Å². The first kappa shape index (κ1) is 13.1. The van der Waals surface area contributed by atoms with Crippen molar-refractivity contribution >= 4 is 40.1 Å². The molecule has 2 N–H and O–H groups in total. The van der Waals surface area contributed by atoms with Gasteiger partial charge >= 0.3 is 0 Å². The van der Waals surface area contributed by atoms with Crippen LogP contribution in [-0.2, 0) is 0 Å². The zero-order valence-electron chi connectivity index (χ0n) is 9.33. The Labute approximate surface area is 119 Å². The summed E-state index contributed by atoms with van der Waals surface area (Å²) >= 11 is 8.17. The second-order valence-corrected chi connectivity index (χ2v) is 5.83. The summed E-state index contributed by atoms with van der Waals surface area (Å²) in [6.45, 7) is 1.48. The molecule has 1 aromatic carbocycles. The van der Waals surface area contributed by atoms with E-state index in [1.54, 1.807) is 6.07 Å². The van der Waals surface area contributed by atoms with E-state index in [9.17, 15) is 4.79 Å². The van der Waals surface area contributed by atoms with Crippen LogP contribution in [0.4, 0.5) is 0 Å². The summed E-state index contributed by atoms with van der Waals surface area (Å²) in [5, 5.41) is 0.630. The lowest BCUT2D eigenvalue weighted by molar-refractivity contribution is 0.0715. The summed E-state index contributed by atoms with van der Waals surface area (Å²) in [6, 6.07) is 5.66. The van der Waals surface area contributed by atoms with Crippen LogP contribution >= 0.6 is 34.2 Å². The highest BCUT2D eigenvalue weighted by molar-refractivity contribution is 14.1. The van der Waals surface area contributed by atoms with Gasteiger partial charge in [-0.15, -0.1) is 0 Å². The van der Waals surface area contributed by atoms with E-state index in [-0.39, 0.29) is 11.9 Å². The molecule has 1 heterocycles. The fraction of sp³-hybridized carbons (Fsp3) is 0.417. The average molecular weight is 365 g/mol. The minimum atomic E-state index is 0.0511. The van der Waals surface area contributed by atoms with Crippen molar-refractivity contribution in [2.45, 2.75) is 18.9 Å². The first-order valence-corrected chi connectivity index (χ1v) is 7.03. The molecule has 0 atom stereocenters. The van der Waals surface area contributed by atoms with Crippen molar-refractivity contribution in [3.8, 4) is 0 Å². The van der Waals surface area contributed by atoms with E-state index in [4.69, 9.17) is 17.3 Å². The highest BCUT2D eigenvalue weighted by atomic mass is 127. The number of hydrogen-bond donors (Lipinski definition) is 1. The molecule has 1 aliphatic rings. The van der Waals surface area contributed by atoms with Crippen molar-refractivity contribution in [2.75, 3.05) is 13.1 Å². The molecular weight excluding hydrogens is 351 g/mol. The number of likely N-dealkylation sites (tertiary alicyclic amines) is 1. The molecule has 0 aliphatic carbocycles. The number of amides is 1. The van der Waals surface area contributed by atoms with Crippen LogP contribution in [0.3, 0.4) is 0 Å². The molecule has 5 heteroatoms. The summed E-state index contributed by atoms with van der Waals surface area (Å²) in [4.78, 5) is 14.0. The maximum Gasteiger partial charge on any atom is 0.253 e. The van der Waals surface area contributed by atoms with Gasteiger partial charge in [0.05, 0.1) is 5.02 Å². The number of rotatable bonds is 1. The highest BCUT2D eigenvalue weighted by Gasteiger charge is 2.21. The van der Waals surface area contributed by atoms with Crippen molar-refractivity contribution in [3.63, 3.8) is 0 Å². The summed E-state index contributed by atoms with van der Waals surface area (Å²) < 4.78 is 0.960. The first-order chi connectivity index (χ1) is 8.08. The van der Waals surface area contributed by atoms with Gasteiger partial charge in [0, 0.05) is 28.3 Å². The third-order valence-corrected chi connectivity index (χ3v) is 4.57. The smallest absolute Gasteiger partial charge is 0.253 e. The third-order valence-electron chi connectivity index (χ3n) is 2.99. The molecule has 92 valence electrons. The van der Waals surface area contributed by atoms with E-state index >= 15 is 0 Å². The van der Waals surface area contributed by atoms with Crippen LogP contribution in [0.15, 0.2) is 18.2 Å². The predicted molar refractivity (Wildman–Crippen MR) is 77.3 cm³/mol. The quantitative estimate of drug-likeness (QED) is 0.778. The molecule has 0 unspecified atom stereocenters. The largest absolute Gasteiger partial charge is 0.339 e. The van der Waals surface area contributed by atoms with Crippen LogP contribution in [0.1, 0.15) is 23.2 Å². The molecular formula is C12H14ClIN2O. The van der Waals surface area contributed by atoms with Gasteiger partial charge in [-0.05, 0) is 53.6 Å². The maximum absolute atomic E-state index is 12.2. The zero-order chi connectivity index (χ0) is 12.4. The van der Waals surface area contributed by atoms with Gasteiger partial charge in [0.15, 0.2) is 0 Å². The van der Waals surface area contributed by atoms with Crippen LogP contribution < -0.4 is 5.73 Å². The fourth-order valence-electron chi connectivity index (χ4n) is 1.91. The van der Waals surface area contributed by atoms with Crippen LogP contribution in [0.25, 0.3) is 0 Å².